The van der Waals surface area contributed by atoms with Crippen molar-refractivity contribution in [3.05, 3.63) is 59.8 Å². The summed E-state index contributed by atoms with van der Waals surface area (Å²) in [7, 11) is 0. The van der Waals surface area contributed by atoms with E-state index in [9.17, 15) is 5.11 Å². The van der Waals surface area contributed by atoms with Gasteiger partial charge in [-0.25, -0.2) is 4.98 Å². The molecule has 22 heavy (non-hydrogen) atoms. The lowest BCUT2D eigenvalue weighted by Crippen LogP contribution is -1.85. The minimum atomic E-state index is 0.249. The second kappa shape index (κ2) is 6.41. The second-order valence-electron chi connectivity index (χ2n) is 5.44. The Morgan fingerprint density at radius 2 is 1.73 bits per heavy atom. The van der Waals surface area contributed by atoms with Crippen molar-refractivity contribution in [3.8, 4) is 5.75 Å². The molecule has 2 aromatic carbocycles. The average molecular weight is 309 g/mol. The Balaban J connectivity index is 1.85. The van der Waals surface area contributed by atoms with Crippen molar-refractivity contribution in [1.82, 2.24) is 4.98 Å². The molecule has 0 aliphatic rings. The van der Waals surface area contributed by atoms with Crippen molar-refractivity contribution in [2.24, 2.45) is 0 Å². The smallest absolute Gasteiger partial charge is 0.137 e. The van der Waals surface area contributed by atoms with E-state index in [1.54, 1.807) is 17.8 Å². The topological polar surface area (TPSA) is 33.1 Å². The first-order valence-electron chi connectivity index (χ1n) is 7.53. The van der Waals surface area contributed by atoms with Crippen LogP contribution < -0.4 is 0 Å². The number of benzene rings is 2. The molecule has 2 nitrogen and oxygen atoms in total. The Bertz CT molecular complexity index is 796. The summed E-state index contributed by atoms with van der Waals surface area (Å²) in [6.07, 6.45) is 2.30. The lowest BCUT2D eigenvalue weighted by Gasteiger charge is -2.06. The maximum absolute atomic E-state index is 9.81. The molecule has 112 valence electrons. The SMILES string of the molecule is CCCc1ccc(Sc2ccc3nc(C)c(O)cc3c2)cc1. The van der Waals surface area contributed by atoms with Crippen LogP contribution in [0.3, 0.4) is 0 Å². The van der Waals surface area contributed by atoms with Crippen LogP contribution in [0.15, 0.2) is 58.3 Å². The van der Waals surface area contributed by atoms with Crippen LogP contribution in [0, 0.1) is 6.92 Å². The van der Waals surface area contributed by atoms with E-state index in [-0.39, 0.29) is 5.75 Å². The van der Waals surface area contributed by atoms with Crippen LogP contribution in [0.25, 0.3) is 10.9 Å². The maximum Gasteiger partial charge on any atom is 0.137 e. The Morgan fingerprint density at radius 1 is 1.00 bits per heavy atom. The highest BCUT2D eigenvalue weighted by Crippen LogP contribution is 2.31. The summed E-state index contributed by atoms with van der Waals surface area (Å²) >= 11 is 1.73. The summed E-state index contributed by atoms with van der Waals surface area (Å²) in [5, 5.41) is 10.8. The lowest BCUT2D eigenvalue weighted by molar-refractivity contribution is 0.469. The Morgan fingerprint density at radius 3 is 2.45 bits per heavy atom. The molecule has 0 saturated heterocycles. The van der Waals surface area contributed by atoms with Crippen molar-refractivity contribution in [3.63, 3.8) is 0 Å². The summed E-state index contributed by atoms with van der Waals surface area (Å²) in [4.78, 5) is 6.78. The molecule has 0 spiro atoms. The first-order valence-corrected chi connectivity index (χ1v) is 8.34. The van der Waals surface area contributed by atoms with Crippen molar-refractivity contribution in [2.75, 3.05) is 0 Å². The van der Waals surface area contributed by atoms with Gasteiger partial charge in [0, 0.05) is 15.2 Å². The van der Waals surface area contributed by atoms with E-state index in [4.69, 9.17) is 0 Å². The molecule has 0 aliphatic heterocycles. The van der Waals surface area contributed by atoms with E-state index in [2.05, 4.69) is 48.3 Å². The van der Waals surface area contributed by atoms with Crippen molar-refractivity contribution >= 4 is 22.7 Å². The van der Waals surface area contributed by atoms with Gasteiger partial charge in [-0.1, -0.05) is 37.2 Å². The van der Waals surface area contributed by atoms with Crippen LogP contribution in [0.5, 0.6) is 5.75 Å². The number of hydrogen-bond donors (Lipinski definition) is 1. The largest absolute Gasteiger partial charge is 0.506 e. The second-order valence-corrected chi connectivity index (χ2v) is 6.59. The Hall–Kier alpha value is -2.00. The molecule has 0 aliphatic carbocycles. The molecular weight excluding hydrogens is 290 g/mol. The third-order valence-corrected chi connectivity index (χ3v) is 4.65. The van der Waals surface area contributed by atoms with Gasteiger partial charge >= 0.3 is 0 Å². The third kappa shape index (κ3) is 3.25. The fraction of sp³-hybridized carbons (Fsp3) is 0.211. The molecule has 3 rings (SSSR count). The molecule has 0 amide bonds. The molecule has 0 radical (unpaired) electrons. The minimum absolute atomic E-state index is 0.249. The quantitative estimate of drug-likeness (QED) is 0.705. The van der Waals surface area contributed by atoms with Gasteiger partial charge in [0.25, 0.3) is 0 Å². The first kappa shape index (κ1) is 14.9. The van der Waals surface area contributed by atoms with Crippen LogP contribution >= 0.6 is 11.8 Å². The maximum atomic E-state index is 9.81. The van der Waals surface area contributed by atoms with E-state index in [0.29, 0.717) is 5.69 Å². The summed E-state index contributed by atoms with van der Waals surface area (Å²) in [6, 6.07) is 16.7. The fourth-order valence-electron chi connectivity index (χ4n) is 2.45. The number of aromatic hydroxyl groups is 1. The molecule has 0 unspecified atom stereocenters. The number of fused-ring (bicyclic) bond motifs is 1. The van der Waals surface area contributed by atoms with Gasteiger partial charge in [-0.15, -0.1) is 0 Å². The van der Waals surface area contributed by atoms with Crippen LogP contribution in [0.2, 0.25) is 0 Å². The van der Waals surface area contributed by atoms with E-state index in [1.807, 2.05) is 13.0 Å². The van der Waals surface area contributed by atoms with Crippen LogP contribution in [0.4, 0.5) is 0 Å². The Kier molecular flexibility index (Phi) is 4.34. The van der Waals surface area contributed by atoms with Crippen molar-refractivity contribution in [1.29, 1.82) is 0 Å². The minimum Gasteiger partial charge on any atom is -0.506 e. The van der Waals surface area contributed by atoms with Gasteiger partial charge in [-0.3, -0.25) is 0 Å². The molecule has 0 bridgehead atoms. The van der Waals surface area contributed by atoms with Crippen LogP contribution in [-0.4, -0.2) is 10.1 Å². The first-order chi connectivity index (χ1) is 10.7. The molecule has 0 fully saturated rings. The monoisotopic (exact) mass is 309 g/mol. The standard InChI is InChI=1S/C19H19NOS/c1-3-4-14-5-7-16(8-6-14)22-17-9-10-18-15(11-17)12-19(21)13(2)20-18/h5-12,21H,3-4H2,1-2H3. The van der Waals surface area contributed by atoms with Crippen molar-refractivity contribution in [2.45, 2.75) is 36.5 Å². The molecule has 3 heteroatoms. The van der Waals surface area contributed by atoms with Gasteiger partial charge in [0.2, 0.25) is 0 Å². The zero-order chi connectivity index (χ0) is 15.5. The number of pyridine rings is 1. The Labute approximate surface area is 135 Å². The molecular formula is C19H19NOS. The van der Waals surface area contributed by atoms with Gasteiger partial charge in [-0.2, -0.15) is 0 Å². The zero-order valence-corrected chi connectivity index (χ0v) is 13.7. The third-order valence-electron chi connectivity index (χ3n) is 3.65. The summed E-state index contributed by atoms with van der Waals surface area (Å²) in [5.74, 6) is 0.249. The summed E-state index contributed by atoms with van der Waals surface area (Å²) in [6.45, 7) is 4.01. The van der Waals surface area contributed by atoms with Gasteiger partial charge in [0.05, 0.1) is 11.2 Å². The van der Waals surface area contributed by atoms with E-state index in [1.165, 1.54) is 16.9 Å². The van der Waals surface area contributed by atoms with Gasteiger partial charge < -0.3 is 5.11 Å². The number of hydrogen-bond acceptors (Lipinski definition) is 3. The molecule has 1 aromatic heterocycles. The van der Waals surface area contributed by atoms with E-state index >= 15 is 0 Å². The van der Waals surface area contributed by atoms with Crippen molar-refractivity contribution < 1.29 is 5.11 Å². The number of rotatable bonds is 4. The van der Waals surface area contributed by atoms with Gasteiger partial charge in [0.1, 0.15) is 5.75 Å². The highest BCUT2D eigenvalue weighted by Gasteiger charge is 2.04. The number of nitrogens with zero attached hydrogens (tertiary/aromatic N) is 1. The molecule has 1 heterocycles. The molecule has 0 atom stereocenters. The highest BCUT2D eigenvalue weighted by molar-refractivity contribution is 7.99. The fourth-order valence-corrected chi connectivity index (χ4v) is 3.32. The summed E-state index contributed by atoms with van der Waals surface area (Å²) in [5.41, 5.74) is 2.97. The number of aromatic nitrogens is 1. The lowest BCUT2D eigenvalue weighted by atomic mass is 10.1. The normalized spacial score (nSPS) is 11.0. The molecule has 1 N–H and O–H groups in total. The number of aryl methyl sites for hydroxylation is 2. The predicted octanol–water partition coefficient (Wildman–Crippen LogP) is 5.35. The van der Waals surface area contributed by atoms with Gasteiger partial charge in [0.15, 0.2) is 0 Å². The average Bonchev–Trinajstić information content (AvgIpc) is 2.51. The van der Waals surface area contributed by atoms with E-state index < -0.39 is 0 Å². The van der Waals surface area contributed by atoms with Crippen LogP contribution in [0.1, 0.15) is 24.6 Å². The molecule has 0 saturated carbocycles. The molecule has 3 aromatic rings. The van der Waals surface area contributed by atoms with Crippen LogP contribution in [-0.2, 0) is 6.42 Å². The van der Waals surface area contributed by atoms with E-state index in [0.717, 1.165) is 22.2 Å². The van der Waals surface area contributed by atoms with Gasteiger partial charge in [-0.05, 0) is 55.3 Å². The predicted molar refractivity (Wildman–Crippen MR) is 92.7 cm³/mol. The highest BCUT2D eigenvalue weighted by atomic mass is 32.2. The zero-order valence-electron chi connectivity index (χ0n) is 12.8. The summed E-state index contributed by atoms with van der Waals surface area (Å²) < 4.78 is 0.